The van der Waals surface area contributed by atoms with E-state index >= 15 is 0 Å². The molecule has 13 heavy (non-hydrogen) atoms. The van der Waals surface area contributed by atoms with Crippen LogP contribution in [0, 0.1) is 11.3 Å². The van der Waals surface area contributed by atoms with Crippen molar-refractivity contribution in [2.24, 2.45) is 0 Å². The molecule has 0 bridgehead atoms. The molecule has 0 radical (unpaired) electrons. The molecule has 3 heteroatoms. The summed E-state index contributed by atoms with van der Waals surface area (Å²) >= 11 is 0. The van der Waals surface area contributed by atoms with E-state index in [1.54, 1.807) is 0 Å². The lowest BCUT2D eigenvalue weighted by molar-refractivity contribution is 0.875. The number of para-hydroxylation sites is 1. The highest BCUT2D eigenvalue weighted by Gasteiger charge is 2.02. The van der Waals surface area contributed by atoms with Gasteiger partial charge in [-0.1, -0.05) is 12.1 Å². The van der Waals surface area contributed by atoms with Crippen LogP contribution in [0.5, 0.6) is 0 Å². The summed E-state index contributed by atoms with van der Waals surface area (Å²) in [7, 11) is 0. The number of fused-ring (bicyclic) bond motifs is 1. The van der Waals surface area contributed by atoms with Gasteiger partial charge in [0.2, 0.25) is 0 Å². The lowest BCUT2D eigenvalue weighted by Crippen LogP contribution is -1.96. The van der Waals surface area contributed by atoms with E-state index in [9.17, 15) is 0 Å². The zero-order valence-electron chi connectivity index (χ0n) is 7.07. The number of nitriles is 1. The van der Waals surface area contributed by atoms with Crippen LogP contribution >= 0.6 is 0 Å². The highest BCUT2D eigenvalue weighted by Crippen LogP contribution is 2.21. The molecular formula is C10H9N3. The molecule has 0 saturated carbocycles. The molecular weight excluding hydrogens is 162 g/mol. The van der Waals surface area contributed by atoms with Crippen LogP contribution in [-0.2, 0) is 6.54 Å². The molecule has 2 aromatic rings. The molecule has 0 saturated heterocycles. The Hall–Kier alpha value is -1.95. The summed E-state index contributed by atoms with van der Waals surface area (Å²) in [6.07, 6.45) is 1.88. The van der Waals surface area contributed by atoms with Crippen molar-refractivity contribution in [2.45, 2.75) is 6.54 Å². The number of nitrogen functional groups attached to an aromatic ring is 1. The number of hydrogen-bond acceptors (Lipinski definition) is 2. The van der Waals surface area contributed by atoms with Crippen LogP contribution in [-0.4, -0.2) is 4.57 Å². The first-order valence-electron chi connectivity index (χ1n) is 4.03. The number of nitrogens with zero attached hydrogens (tertiary/aromatic N) is 2. The molecule has 0 fully saturated rings. The topological polar surface area (TPSA) is 54.7 Å². The van der Waals surface area contributed by atoms with Crippen molar-refractivity contribution in [1.82, 2.24) is 4.57 Å². The summed E-state index contributed by atoms with van der Waals surface area (Å²) in [6, 6.07) is 9.80. The highest BCUT2D eigenvalue weighted by molar-refractivity contribution is 5.90. The van der Waals surface area contributed by atoms with Gasteiger partial charge in [0.15, 0.2) is 0 Å². The van der Waals surface area contributed by atoms with Gasteiger partial charge >= 0.3 is 0 Å². The summed E-state index contributed by atoms with van der Waals surface area (Å²) in [5, 5.41) is 9.66. The molecule has 1 aromatic carbocycles. The SMILES string of the molecule is N#CCn1ccc2cccc(N)c21. The minimum absolute atomic E-state index is 0.345. The number of nitrogens with two attached hydrogens (primary N) is 1. The molecule has 1 heterocycles. The Balaban J connectivity index is 2.73. The Morgan fingerprint density at radius 2 is 2.23 bits per heavy atom. The van der Waals surface area contributed by atoms with Gasteiger partial charge in [0, 0.05) is 11.6 Å². The van der Waals surface area contributed by atoms with Gasteiger partial charge in [-0.15, -0.1) is 0 Å². The molecule has 0 amide bonds. The highest BCUT2D eigenvalue weighted by atomic mass is 15.0. The maximum absolute atomic E-state index is 8.58. The number of anilines is 1. The van der Waals surface area contributed by atoms with E-state index in [0.29, 0.717) is 6.54 Å². The molecule has 0 unspecified atom stereocenters. The van der Waals surface area contributed by atoms with Gasteiger partial charge in [-0.05, 0) is 12.1 Å². The van der Waals surface area contributed by atoms with Crippen LogP contribution in [0.15, 0.2) is 30.5 Å². The third-order valence-corrected chi connectivity index (χ3v) is 2.06. The summed E-state index contributed by atoms with van der Waals surface area (Å²) in [6.45, 7) is 0.345. The van der Waals surface area contributed by atoms with E-state index in [4.69, 9.17) is 11.0 Å². The summed E-state index contributed by atoms with van der Waals surface area (Å²) < 4.78 is 1.85. The second-order valence-electron chi connectivity index (χ2n) is 2.89. The Labute approximate surface area is 76.0 Å². The van der Waals surface area contributed by atoms with Gasteiger partial charge in [-0.3, -0.25) is 0 Å². The maximum atomic E-state index is 8.58. The van der Waals surface area contributed by atoms with Crippen LogP contribution in [0.3, 0.4) is 0 Å². The Kier molecular flexibility index (Phi) is 1.67. The Morgan fingerprint density at radius 3 is 3.00 bits per heavy atom. The third kappa shape index (κ3) is 1.13. The van der Waals surface area contributed by atoms with E-state index in [0.717, 1.165) is 16.6 Å². The minimum Gasteiger partial charge on any atom is -0.397 e. The standard InChI is InChI=1S/C10H9N3/c11-5-7-13-6-4-8-2-1-3-9(12)10(8)13/h1-4,6H,7,12H2. The summed E-state index contributed by atoms with van der Waals surface area (Å²) in [5.41, 5.74) is 7.47. The van der Waals surface area contributed by atoms with E-state index < -0.39 is 0 Å². The van der Waals surface area contributed by atoms with E-state index in [1.807, 2.05) is 35.0 Å². The van der Waals surface area contributed by atoms with E-state index in [2.05, 4.69) is 6.07 Å². The van der Waals surface area contributed by atoms with E-state index in [-0.39, 0.29) is 0 Å². The molecule has 64 valence electrons. The van der Waals surface area contributed by atoms with Gasteiger partial charge in [0.25, 0.3) is 0 Å². The second-order valence-corrected chi connectivity index (χ2v) is 2.89. The molecule has 2 rings (SSSR count). The van der Waals surface area contributed by atoms with Crippen molar-refractivity contribution in [2.75, 3.05) is 5.73 Å². The van der Waals surface area contributed by atoms with Crippen molar-refractivity contribution in [1.29, 1.82) is 5.26 Å². The number of rotatable bonds is 1. The van der Waals surface area contributed by atoms with Gasteiger partial charge in [-0.25, -0.2) is 0 Å². The first-order valence-corrected chi connectivity index (χ1v) is 4.03. The van der Waals surface area contributed by atoms with Crippen LogP contribution < -0.4 is 5.73 Å². The zero-order chi connectivity index (χ0) is 9.26. The molecule has 0 aliphatic heterocycles. The van der Waals surface area contributed by atoms with Crippen molar-refractivity contribution in [3.8, 4) is 6.07 Å². The minimum atomic E-state index is 0.345. The van der Waals surface area contributed by atoms with Crippen molar-refractivity contribution < 1.29 is 0 Å². The molecule has 0 atom stereocenters. The molecule has 0 spiro atoms. The fourth-order valence-corrected chi connectivity index (χ4v) is 1.50. The van der Waals surface area contributed by atoms with Crippen LogP contribution in [0.4, 0.5) is 5.69 Å². The van der Waals surface area contributed by atoms with Crippen molar-refractivity contribution in [3.05, 3.63) is 30.5 Å². The second kappa shape index (κ2) is 2.83. The summed E-state index contributed by atoms with van der Waals surface area (Å²) in [4.78, 5) is 0. The quantitative estimate of drug-likeness (QED) is 0.664. The fourth-order valence-electron chi connectivity index (χ4n) is 1.50. The molecule has 1 aromatic heterocycles. The molecule has 3 nitrogen and oxygen atoms in total. The lowest BCUT2D eigenvalue weighted by Gasteiger charge is -2.01. The Bertz CT molecular complexity index is 476. The van der Waals surface area contributed by atoms with E-state index in [1.165, 1.54) is 0 Å². The van der Waals surface area contributed by atoms with Crippen molar-refractivity contribution >= 4 is 16.6 Å². The number of aromatic nitrogens is 1. The maximum Gasteiger partial charge on any atom is 0.110 e. The third-order valence-electron chi connectivity index (χ3n) is 2.06. The van der Waals surface area contributed by atoms with Crippen LogP contribution in [0.1, 0.15) is 0 Å². The zero-order valence-corrected chi connectivity index (χ0v) is 7.07. The molecule has 0 aliphatic carbocycles. The molecule has 0 aliphatic rings. The van der Waals surface area contributed by atoms with Gasteiger partial charge in [-0.2, -0.15) is 5.26 Å². The van der Waals surface area contributed by atoms with Gasteiger partial charge in [0.1, 0.15) is 6.54 Å². The average Bonchev–Trinajstić information content (AvgIpc) is 2.51. The van der Waals surface area contributed by atoms with Crippen LogP contribution in [0.2, 0.25) is 0 Å². The number of benzene rings is 1. The Morgan fingerprint density at radius 1 is 1.38 bits per heavy atom. The van der Waals surface area contributed by atoms with Crippen LogP contribution in [0.25, 0.3) is 10.9 Å². The number of hydrogen-bond donors (Lipinski definition) is 1. The first-order chi connectivity index (χ1) is 6.33. The smallest absolute Gasteiger partial charge is 0.110 e. The van der Waals surface area contributed by atoms with Gasteiger partial charge < -0.3 is 10.3 Å². The first kappa shape index (κ1) is 7.69. The predicted octanol–water partition coefficient (Wildman–Crippen LogP) is 1.75. The lowest BCUT2D eigenvalue weighted by atomic mass is 10.2. The van der Waals surface area contributed by atoms with Crippen molar-refractivity contribution in [3.63, 3.8) is 0 Å². The monoisotopic (exact) mass is 171 g/mol. The average molecular weight is 171 g/mol. The molecule has 2 N–H and O–H groups in total. The normalized spacial score (nSPS) is 10.1. The van der Waals surface area contributed by atoms with Gasteiger partial charge in [0.05, 0.1) is 17.3 Å². The largest absolute Gasteiger partial charge is 0.397 e. The fraction of sp³-hybridized carbons (Fsp3) is 0.100. The predicted molar refractivity (Wildman–Crippen MR) is 52.0 cm³/mol. The summed E-state index contributed by atoms with van der Waals surface area (Å²) in [5.74, 6) is 0.